The zero-order valence-corrected chi connectivity index (χ0v) is 15.5. The number of nitrogens with one attached hydrogen (secondary N) is 2. The Hall–Kier alpha value is -2.21. The number of hydrogen-bond donors (Lipinski definition) is 2. The summed E-state index contributed by atoms with van der Waals surface area (Å²) in [6.07, 6.45) is 0. The average Bonchev–Trinajstić information content (AvgIpc) is 3.02. The molecule has 0 saturated heterocycles. The minimum Gasteiger partial charge on any atom is -0.493 e. The zero-order chi connectivity index (χ0) is 17.4. The van der Waals surface area contributed by atoms with Gasteiger partial charge in [-0.2, -0.15) is 0 Å². The van der Waals surface area contributed by atoms with E-state index >= 15 is 0 Å². The number of nitrogens with zero attached hydrogens (tertiary/aromatic N) is 1. The molecule has 0 atom stereocenters. The topological polar surface area (TPSA) is 54.9 Å². The fourth-order valence-corrected chi connectivity index (χ4v) is 3.09. The Morgan fingerprint density at radius 1 is 1.12 bits per heavy atom. The van der Waals surface area contributed by atoms with E-state index < -0.39 is 0 Å². The highest BCUT2D eigenvalue weighted by Gasteiger charge is 2.05. The van der Waals surface area contributed by atoms with E-state index in [2.05, 4.69) is 40.9 Å². The molecule has 2 N–H and O–H groups in total. The van der Waals surface area contributed by atoms with Crippen molar-refractivity contribution in [2.75, 3.05) is 20.8 Å². The Morgan fingerprint density at radius 3 is 2.54 bits per heavy atom. The minimum absolute atomic E-state index is 0.569. The van der Waals surface area contributed by atoms with Crippen LogP contribution in [0.4, 0.5) is 0 Å². The molecule has 5 nitrogen and oxygen atoms in total. The lowest BCUT2D eigenvalue weighted by atomic mass is 10.2. The number of thiophene rings is 1. The molecular weight excluding hydrogens is 322 g/mol. The van der Waals surface area contributed by atoms with Crippen LogP contribution in [0.1, 0.15) is 22.9 Å². The van der Waals surface area contributed by atoms with E-state index in [-0.39, 0.29) is 0 Å². The van der Waals surface area contributed by atoms with Crippen molar-refractivity contribution in [2.24, 2.45) is 4.99 Å². The zero-order valence-electron chi connectivity index (χ0n) is 14.7. The summed E-state index contributed by atoms with van der Waals surface area (Å²) in [4.78, 5) is 5.97. The molecule has 0 spiro atoms. The lowest BCUT2D eigenvalue weighted by Gasteiger charge is -2.12. The summed E-state index contributed by atoms with van der Waals surface area (Å²) in [5.74, 6) is 2.25. The van der Waals surface area contributed by atoms with Gasteiger partial charge in [0.25, 0.3) is 0 Å². The molecule has 0 saturated carbocycles. The van der Waals surface area contributed by atoms with Crippen LogP contribution in [0.15, 0.2) is 34.6 Å². The van der Waals surface area contributed by atoms with Crippen LogP contribution in [0.5, 0.6) is 11.5 Å². The molecule has 24 heavy (non-hydrogen) atoms. The first-order valence-corrected chi connectivity index (χ1v) is 8.82. The van der Waals surface area contributed by atoms with E-state index in [1.807, 2.05) is 18.2 Å². The van der Waals surface area contributed by atoms with Gasteiger partial charge in [0, 0.05) is 11.4 Å². The number of guanidine groups is 1. The van der Waals surface area contributed by atoms with Gasteiger partial charge in [0.15, 0.2) is 17.5 Å². The van der Waals surface area contributed by atoms with Crippen molar-refractivity contribution in [1.29, 1.82) is 0 Å². The number of methoxy groups -OCH3 is 2. The van der Waals surface area contributed by atoms with Crippen LogP contribution in [0.25, 0.3) is 0 Å². The van der Waals surface area contributed by atoms with Gasteiger partial charge in [-0.25, -0.2) is 4.99 Å². The monoisotopic (exact) mass is 347 g/mol. The lowest BCUT2D eigenvalue weighted by molar-refractivity contribution is 0.354. The second kappa shape index (κ2) is 9.17. The second-order valence-electron chi connectivity index (χ2n) is 5.26. The van der Waals surface area contributed by atoms with Crippen LogP contribution >= 0.6 is 11.3 Å². The van der Waals surface area contributed by atoms with Crippen molar-refractivity contribution >= 4 is 17.3 Å². The molecule has 1 aromatic heterocycles. The van der Waals surface area contributed by atoms with Crippen LogP contribution < -0.4 is 20.1 Å². The largest absolute Gasteiger partial charge is 0.493 e. The van der Waals surface area contributed by atoms with Gasteiger partial charge in [-0.05, 0) is 48.6 Å². The van der Waals surface area contributed by atoms with E-state index in [4.69, 9.17) is 9.47 Å². The fourth-order valence-electron chi connectivity index (χ4n) is 2.24. The van der Waals surface area contributed by atoms with Crippen LogP contribution in [0.2, 0.25) is 0 Å². The number of aliphatic imine (C=N–C) groups is 1. The van der Waals surface area contributed by atoms with Crippen molar-refractivity contribution in [1.82, 2.24) is 10.6 Å². The van der Waals surface area contributed by atoms with Gasteiger partial charge >= 0.3 is 0 Å². The first-order valence-electron chi connectivity index (χ1n) is 7.94. The molecule has 130 valence electrons. The third-order valence-corrected chi connectivity index (χ3v) is 4.62. The van der Waals surface area contributed by atoms with Gasteiger partial charge in [-0.3, -0.25) is 0 Å². The number of ether oxygens (including phenoxy) is 2. The van der Waals surface area contributed by atoms with Gasteiger partial charge < -0.3 is 20.1 Å². The molecule has 0 bridgehead atoms. The van der Waals surface area contributed by atoms with Crippen LogP contribution in [-0.2, 0) is 13.1 Å². The van der Waals surface area contributed by atoms with E-state index in [1.54, 1.807) is 25.6 Å². The van der Waals surface area contributed by atoms with Gasteiger partial charge in [0.05, 0.1) is 27.3 Å². The molecule has 0 aliphatic carbocycles. The molecule has 0 aliphatic rings. The maximum Gasteiger partial charge on any atom is 0.191 e. The molecule has 0 amide bonds. The maximum atomic E-state index is 5.34. The van der Waals surface area contributed by atoms with Crippen LogP contribution in [0, 0.1) is 6.92 Å². The van der Waals surface area contributed by atoms with Gasteiger partial charge in [-0.1, -0.05) is 6.07 Å². The molecule has 0 aliphatic heterocycles. The molecule has 6 heteroatoms. The van der Waals surface area contributed by atoms with Crippen molar-refractivity contribution in [3.63, 3.8) is 0 Å². The molecule has 1 aromatic carbocycles. The maximum absolute atomic E-state index is 5.34. The summed E-state index contributed by atoms with van der Waals surface area (Å²) in [6.45, 7) is 6.35. The van der Waals surface area contributed by atoms with E-state index in [1.165, 1.54) is 10.4 Å². The third kappa shape index (κ3) is 4.89. The summed E-state index contributed by atoms with van der Waals surface area (Å²) < 4.78 is 10.6. The summed E-state index contributed by atoms with van der Waals surface area (Å²) in [5.41, 5.74) is 2.38. The smallest absolute Gasteiger partial charge is 0.191 e. The van der Waals surface area contributed by atoms with Crippen molar-refractivity contribution in [2.45, 2.75) is 26.9 Å². The second-order valence-corrected chi connectivity index (χ2v) is 6.27. The number of aryl methyl sites for hydroxylation is 1. The molecule has 2 rings (SSSR count). The normalized spacial score (nSPS) is 11.2. The molecule has 1 heterocycles. The van der Waals surface area contributed by atoms with E-state index in [9.17, 15) is 0 Å². The standard InChI is InChI=1S/C18H25N3O2S/c1-5-19-18(21-12-17-13(2)8-9-24-17)20-11-14-6-7-15(22-3)16(10-14)23-4/h6-10H,5,11-12H2,1-4H3,(H2,19,20,21). The Morgan fingerprint density at radius 2 is 1.92 bits per heavy atom. The molecule has 0 radical (unpaired) electrons. The van der Waals surface area contributed by atoms with Gasteiger partial charge in [0.1, 0.15) is 0 Å². The summed E-state index contributed by atoms with van der Waals surface area (Å²) in [7, 11) is 3.27. The number of rotatable bonds is 7. The predicted molar refractivity (Wildman–Crippen MR) is 100 cm³/mol. The SMILES string of the molecule is CCNC(=NCc1ccc(OC)c(OC)c1)NCc1sccc1C. The quantitative estimate of drug-likeness (QED) is 0.596. The predicted octanol–water partition coefficient (Wildman–Crippen LogP) is 3.33. The van der Waals surface area contributed by atoms with Crippen molar-refractivity contribution in [3.05, 3.63) is 45.6 Å². The highest BCUT2D eigenvalue weighted by Crippen LogP contribution is 2.27. The van der Waals surface area contributed by atoms with Crippen LogP contribution in [-0.4, -0.2) is 26.7 Å². The van der Waals surface area contributed by atoms with E-state index in [0.717, 1.165) is 36.1 Å². The Balaban J connectivity index is 2.03. The van der Waals surface area contributed by atoms with E-state index in [0.29, 0.717) is 6.54 Å². The molecule has 2 aromatic rings. The molecular formula is C18H25N3O2S. The highest BCUT2D eigenvalue weighted by atomic mass is 32.1. The Bertz CT molecular complexity index is 683. The summed E-state index contributed by atoms with van der Waals surface area (Å²) in [6, 6.07) is 7.99. The first-order chi connectivity index (χ1) is 11.7. The Kier molecular flexibility index (Phi) is 6.93. The molecule has 0 unspecified atom stereocenters. The van der Waals surface area contributed by atoms with Crippen molar-refractivity contribution in [3.8, 4) is 11.5 Å². The summed E-state index contributed by atoms with van der Waals surface area (Å²) in [5, 5.41) is 8.76. The van der Waals surface area contributed by atoms with Gasteiger partial charge in [0.2, 0.25) is 0 Å². The Labute approximate surface area is 147 Å². The number of benzene rings is 1. The lowest BCUT2D eigenvalue weighted by Crippen LogP contribution is -2.36. The average molecular weight is 347 g/mol. The van der Waals surface area contributed by atoms with Gasteiger partial charge in [-0.15, -0.1) is 11.3 Å². The third-order valence-electron chi connectivity index (χ3n) is 3.60. The fraction of sp³-hybridized carbons (Fsp3) is 0.389. The first kappa shape index (κ1) is 18.1. The number of hydrogen-bond acceptors (Lipinski definition) is 4. The highest BCUT2D eigenvalue weighted by molar-refractivity contribution is 7.10. The minimum atomic E-state index is 0.569. The molecule has 0 fully saturated rings. The summed E-state index contributed by atoms with van der Waals surface area (Å²) >= 11 is 1.76. The van der Waals surface area contributed by atoms with Crippen LogP contribution in [0.3, 0.4) is 0 Å². The van der Waals surface area contributed by atoms with Crippen molar-refractivity contribution < 1.29 is 9.47 Å².